The Morgan fingerprint density at radius 2 is 2.05 bits per heavy atom. The highest BCUT2D eigenvalue weighted by atomic mass is 16.4. The number of carbonyl (C=O) groups excluding carboxylic acids is 2. The third kappa shape index (κ3) is 5.59. The first-order chi connectivity index (χ1) is 9.92. The number of urea groups is 1. The van der Waals surface area contributed by atoms with Crippen LogP contribution < -0.4 is 21.7 Å². The summed E-state index contributed by atoms with van der Waals surface area (Å²) in [7, 11) is 1.41. The monoisotopic (exact) mass is 293 g/mol. The Hall–Kier alpha value is -3.10. The Morgan fingerprint density at radius 1 is 1.33 bits per heavy atom. The number of rotatable bonds is 4. The lowest BCUT2D eigenvalue weighted by molar-refractivity contribution is -0.114. The molecule has 9 heteroatoms. The molecular formula is C12H15N5O4. The van der Waals surface area contributed by atoms with E-state index in [1.807, 2.05) is 0 Å². The molecule has 1 aromatic carbocycles. The number of hydrogen-bond donors (Lipinski definition) is 5. The average molecular weight is 293 g/mol. The van der Waals surface area contributed by atoms with Crippen molar-refractivity contribution in [3.8, 4) is 0 Å². The molecule has 112 valence electrons. The van der Waals surface area contributed by atoms with Gasteiger partial charge in [-0.2, -0.15) is 0 Å². The van der Waals surface area contributed by atoms with Crippen LogP contribution in [0.2, 0.25) is 0 Å². The topological polar surface area (TPSA) is 146 Å². The van der Waals surface area contributed by atoms with Crippen LogP contribution in [0.15, 0.2) is 29.3 Å². The predicted molar refractivity (Wildman–Crippen MR) is 76.1 cm³/mol. The highest BCUT2D eigenvalue weighted by Gasteiger charge is 2.06. The Bertz CT molecular complexity index is 585. The van der Waals surface area contributed by atoms with E-state index in [9.17, 15) is 14.4 Å². The summed E-state index contributed by atoms with van der Waals surface area (Å²) < 4.78 is 0. The Morgan fingerprint density at radius 3 is 2.67 bits per heavy atom. The second kappa shape index (κ2) is 7.48. The van der Waals surface area contributed by atoms with Gasteiger partial charge in [0.2, 0.25) is 5.91 Å². The van der Waals surface area contributed by atoms with Crippen LogP contribution in [0.5, 0.6) is 0 Å². The van der Waals surface area contributed by atoms with Crippen molar-refractivity contribution in [2.75, 3.05) is 18.9 Å². The molecule has 3 amide bonds. The number of hydrogen-bond acceptors (Lipinski definition) is 4. The van der Waals surface area contributed by atoms with Crippen molar-refractivity contribution in [1.82, 2.24) is 10.6 Å². The number of aromatic carboxylic acids is 1. The summed E-state index contributed by atoms with van der Waals surface area (Å²) in [4.78, 5) is 37.0. The van der Waals surface area contributed by atoms with Gasteiger partial charge in [-0.15, -0.1) is 0 Å². The van der Waals surface area contributed by atoms with Crippen LogP contribution in [-0.4, -0.2) is 42.6 Å². The van der Waals surface area contributed by atoms with E-state index in [4.69, 9.17) is 10.8 Å². The summed E-state index contributed by atoms with van der Waals surface area (Å²) in [5, 5.41) is 15.8. The van der Waals surface area contributed by atoms with E-state index >= 15 is 0 Å². The standard InChI is InChI=1S/C12H15N5O4/c1-14-12(21)17-11(13)15-6-9(18)16-8-4-2-3-7(5-8)10(19)20/h2-5H,6H2,1H3,(H,16,18)(H,19,20)(H4,13,14,15,17,21). The van der Waals surface area contributed by atoms with E-state index in [1.165, 1.54) is 25.2 Å². The summed E-state index contributed by atoms with van der Waals surface area (Å²) in [5.41, 5.74) is 5.76. The molecule has 0 heterocycles. The second-order valence-corrected chi connectivity index (χ2v) is 3.84. The van der Waals surface area contributed by atoms with Crippen molar-refractivity contribution in [3.63, 3.8) is 0 Å². The molecule has 9 nitrogen and oxygen atoms in total. The van der Waals surface area contributed by atoms with Crippen LogP contribution in [0, 0.1) is 0 Å². The summed E-state index contributed by atoms with van der Waals surface area (Å²) >= 11 is 0. The number of anilines is 1. The molecule has 0 aliphatic rings. The summed E-state index contributed by atoms with van der Waals surface area (Å²) in [5.74, 6) is -1.80. The Kier molecular flexibility index (Phi) is 5.68. The first-order valence-electron chi connectivity index (χ1n) is 5.84. The van der Waals surface area contributed by atoms with Gasteiger partial charge in [0.25, 0.3) is 0 Å². The maximum atomic E-state index is 11.6. The van der Waals surface area contributed by atoms with Crippen LogP contribution >= 0.6 is 0 Å². The number of nitrogens with one attached hydrogen (secondary N) is 3. The second-order valence-electron chi connectivity index (χ2n) is 3.84. The average Bonchev–Trinajstić information content (AvgIpc) is 2.45. The first-order valence-corrected chi connectivity index (χ1v) is 5.84. The molecule has 0 atom stereocenters. The van der Waals surface area contributed by atoms with Crippen molar-refractivity contribution < 1.29 is 19.5 Å². The number of carboxylic acids is 1. The van der Waals surface area contributed by atoms with Crippen LogP contribution in [0.4, 0.5) is 10.5 Å². The van der Waals surface area contributed by atoms with Gasteiger partial charge in [-0.05, 0) is 18.2 Å². The first kappa shape index (κ1) is 16.0. The highest BCUT2D eigenvalue weighted by molar-refractivity contribution is 5.98. The van der Waals surface area contributed by atoms with Gasteiger partial charge in [0.15, 0.2) is 5.96 Å². The van der Waals surface area contributed by atoms with Crippen LogP contribution in [-0.2, 0) is 4.79 Å². The molecule has 21 heavy (non-hydrogen) atoms. The van der Waals surface area contributed by atoms with Crippen molar-refractivity contribution in [2.24, 2.45) is 10.7 Å². The lowest BCUT2D eigenvalue weighted by Gasteiger charge is -2.05. The Labute approximate surface area is 120 Å². The predicted octanol–water partition coefficient (Wildman–Crippen LogP) is -0.433. The quantitative estimate of drug-likeness (QED) is 0.377. The zero-order valence-corrected chi connectivity index (χ0v) is 11.2. The fourth-order valence-corrected chi connectivity index (χ4v) is 1.31. The maximum Gasteiger partial charge on any atom is 0.335 e. The molecule has 0 bridgehead atoms. The van der Waals surface area contributed by atoms with Crippen LogP contribution in [0.1, 0.15) is 10.4 Å². The van der Waals surface area contributed by atoms with E-state index in [0.29, 0.717) is 5.69 Å². The fourth-order valence-electron chi connectivity index (χ4n) is 1.31. The largest absolute Gasteiger partial charge is 0.478 e. The van der Waals surface area contributed by atoms with Gasteiger partial charge in [-0.25, -0.2) is 14.6 Å². The molecule has 0 spiro atoms. The third-order valence-corrected chi connectivity index (χ3v) is 2.25. The Balaban J connectivity index is 2.58. The minimum absolute atomic E-state index is 0.0529. The molecule has 0 aromatic heterocycles. The van der Waals surface area contributed by atoms with Gasteiger partial charge >= 0.3 is 12.0 Å². The summed E-state index contributed by atoms with van der Waals surface area (Å²) in [6, 6.07) is 5.22. The van der Waals surface area contributed by atoms with Crippen molar-refractivity contribution >= 4 is 29.6 Å². The molecule has 0 unspecified atom stereocenters. The number of nitrogens with two attached hydrogens (primary N) is 1. The van der Waals surface area contributed by atoms with Gasteiger partial charge in [-0.1, -0.05) is 6.07 Å². The smallest absolute Gasteiger partial charge is 0.335 e. The maximum absolute atomic E-state index is 11.6. The normalized spacial score (nSPS) is 10.6. The number of guanidine groups is 1. The molecule has 0 saturated heterocycles. The number of carboxylic acid groups (broad SMARTS) is 1. The molecule has 1 rings (SSSR count). The molecule has 6 N–H and O–H groups in total. The molecule has 0 aliphatic heterocycles. The van der Waals surface area contributed by atoms with Crippen molar-refractivity contribution in [2.45, 2.75) is 0 Å². The van der Waals surface area contributed by atoms with Gasteiger partial charge in [-0.3, -0.25) is 10.1 Å². The number of amides is 3. The van der Waals surface area contributed by atoms with E-state index in [0.717, 1.165) is 0 Å². The lowest BCUT2D eigenvalue weighted by Crippen LogP contribution is -2.42. The third-order valence-electron chi connectivity index (χ3n) is 2.25. The van der Waals surface area contributed by atoms with Crippen molar-refractivity contribution in [3.05, 3.63) is 29.8 Å². The van der Waals surface area contributed by atoms with E-state index in [2.05, 4.69) is 20.9 Å². The molecule has 0 radical (unpaired) electrons. The zero-order valence-electron chi connectivity index (χ0n) is 11.2. The SMILES string of the molecule is CNC(=O)NC(N)=NCC(=O)Nc1cccc(C(=O)O)c1. The number of carbonyl (C=O) groups is 3. The molecular weight excluding hydrogens is 278 g/mol. The van der Waals surface area contributed by atoms with Gasteiger partial charge < -0.3 is 21.5 Å². The van der Waals surface area contributed by atoms with Gasteiger partial charge in [0.05, 0.1) is 5.56 Å². The number of aliphatic imine (C=N–C) groups is 1. The van der Waals surface area contributed by atoms with E-state index < -0.39 is 17.9 Å². The highest BCUT2D eigenvalue weighted by Crippen LogP contribution is 2.10. The van der Waals surface area contributed by atoms with E-state index in [1.54, 1.807) is 6.07 Å². The van der Waals surface area contributed by atoms with E-state index in [-0.39, 0.29) is 18.1 Å². The fraction of sp³-hybridized carbons (Fsp3) is 0.167. The summed E-state index contributed by atoms with van der Waals surface area (Å²) in [6.07, 6.45) is 0. The minimum Gasteiger partial charge on any atom is -0.478 e. The van der Waals surface area contributed by atoms with Crippen LogP contribution in [0.25, 0.3) is 0 Å². The van der Waals surface area contributed by atoms with Crippen molar-refractivity contribution in [1.29, 1.82) is 0 Å². The lowest BCUT2D eigenvalue weighted by atomic mass is 10.2. The number of nitrogens with zero attached hydrogens (tertiary/aromatic N) is 1. The molecule has 0 saturated carbocycles. The van der Waals surface area contributed by atoms with Gasteiger partial charge in [0.1, 0.15) is 6.54 Å². The molecule has 0 fully saturated rings. The molecule has 0 aliphatic carbocycles. The van der Waals surface area contributed by atoms with Gasteiger partial charge in [0, 0.05) is 12.7 Å². The zero-order chi connectivity index (χ0) is 15.8. The minimum atomic E-state index is -1.09. The molecule has 1 aromatic rings. The number of benzene rings is 1. The van der Waals surface area contributed by atoms with Crippen LogP contribution in [0.3, 0.4) is 0 Å². The summed E-state index contributed by atoms with van der Waals surface area (Å²) in [6.45, 7) is -0.312.